The van der Waals surface area contributed by atoms with Gasteiger partial charge in [-0.15, -0.1) is 0 Å². The van der Waals surface area contributed by atoms with Gasteiger partial charge in [0.1, 0.15) is 5.75 Å². The molecule has 0 unspecified atom stereocenters. The molecule has 0 spiro atoms. The Morgan fingerprint density at radius 3 is 2.62 bits per heavy atom. The second kappa shape index (κ2) is 6.95. The summed E-state index contributed by atoms with van der Waals surface area (Å²) in [4.78, 5) is 16.1. The van der Waals surface area contributed by atoms with E-state index < -0.39 is 17.7 Å². The second-order valence-electron chi connectivity index (χ2n) is 5.27. The lowest BCUT2D eigenvalue weighted by Crippen LogP contribution is -2.08. The highest BCUT2D eigenvalue weighted by Crippen LogP contribution is 2.34. The average molecular weight is 426 g/mol. The predicted molar refractivity (Wildman–Crippen MR) is 92.7 cm³/mol. The Morgan fingerprint density at radius 2 is 1.92 bits per heavy atom. The molecule has 3 rings (SSSR count). The zero-order chi connectivity index (χ0) is 18.9. The maximum atomic E-state index is 13.1. The van der Waals surface area contributed by atoms with Gasteiger partial charge in [-0.25, -0.2) is 9.79 Å². The standard InChI is InChI=1S/C18H11BrF3NO3/c1-25-15-7-6-11(19)9-12(15)16-23-14(17(24)26-16)8-10-4-2-3-5-13(10)18(20,21)22/h2-9H,1H3. The molecule has 2 aromatic carbocycles. The number of carbonyl (C=O) groups is 1. The first-order chi connectivity index (χ1) is 12.3. The summed E-state index contributed by atoms with van der Waals surface area (Å²) in [5, 5.41) is 0. The Balaban J connectivity index is 2.05. The maximum absolute atomic E-state index is 13.1. The molecular formula is C18H11BrF3NO3. The van der Waals surface area contributed by atoms with Crippen LogP contribution in [0.1, 0.15) is 16.7 Å². The normalized spacial score (nSPS) is 15.8. The first-order valence-corrected chi connectivity index (χ1v) is 8.11. The fourth-order valence-corrected chi connectivity index (χ4v) is 2.76. The van der Waals surface area contributed by atoms with E-state index in [9.17, 15) is 18.0 Å². The number of methoxy groups -OCH3 is 1. The Morgan fingerprint density at radius 1 is 1.19 bits per heavy atom. The SMILES string of the molecule is COc1ccc(Br)cc1C1=NC(=Cc2ccccc2C(F)(F)F)C(=O)O1. The number of benzene rings is 2. The van der Waals surface area contributed by atoms with Crippen LogP contribution in [0, 0.1) is 0 Å². The third kappa shape index (κ3) is 3.65. The summed E-state index contributed by atoms with van der Waals surface area (Å²) in [5.41, 5.74) is -0.844. The number of esters is 1. The summed E-state index contributed by atoms with van der Waals surface area (Å²) in [6, 6.07) is 9.94. The Bertz CT molecular complexity index is 936. The van der Waals surface area contributed by atoms with Crippen LogP contribution in [-0.4, -0.2) is 19.0 Å². The van der Waals surface area contributed by atoms with Crippen LogP contribution in [-0.2, 0) is 15.7 Å². The number of hydrogen-bond donors (Lipinski definition) is 0. The summed E-state index contributed by atoms with van der Waals surface area (Å²) >= 11 is 3.30. The number of carbonyl (C=O) groups excluding carboxylic acids is 1. The van der Waals surface area contributed by atoms with Gasteiger partial charge in [0.05, 0.1) is 18.2 Å². The Kier molecular flexibility index (Phi) is 4.86. The summed E-state index contributed by atoms with van der Waals surface area (Å²) in [5.74, 6) is -0.459. The van der Waals surface area contributed by atoms with E-state index in [-0.39, 0.29) is 17.2 Å². The molecule has 0 saturated carbocycles. The van der Waals surface area contributed by atoms with Gasteiger partial charge in [-0.2, -0.15) is 13.2 Å². The van der Waals surface area contributed by atoms with Crippen LogP contribution in [0.3, 0.4) is 0 Å². The third-order valence-electron chi connectivity index (χ3n) is 3.57. The average Bonchev–Trinajstić information content (AvgIpc) is 2.95. The van der Waals surface area contributed by atoms with Crippen LogP contribution < -0.4 is 4.74 Å². The number of nitrogens with zero attached hydrogens (tertiary/aromatic N) is 1. The van der Waals surface area contributed by atoms with Crippen LogP contribution in [0.2, 0.25) is 0 Å². The third-order valence-corrected chi connectivity index (χ3v) is 4.06. The minimum Gasteiger partial charge on any atom is -0.496 e. The predicted octanol–water partition coefficient (Wildman–Crippen LogP) is 4.82. The molecule has 0 aliphatic carbocycles. The molecule has 0 atom stereocenters. The first kappa shape index (κ1) is 18.2. The summed E-state index contributed by atoms with van der Waals surface area (Å²) < 4.78 is 50.3. The lowest BCUT2D eigenvalue weighted by atomic mass is 10.1. The minimum atomic E-state index is -4.55. The minimum absolute atomic E-state index is 0.0381. The smallest absolute Gasteiger partial charge is 0.416 e. The van der Waals surface area contributed by atoms with Gasteiger partial charge in [0, 0.05) is 4.47 Å². The largest absolute Gasteiger partial charge is 0.496 e. The molecule has 1 aliphatic rings. The fourth-order valence-electron chi connectivity index (χ4n) is 2.40. The number of cyclic esters (lactones) is 1. The summed E-state index contributed by atoms with van der Waals surface area (Å²) in [6.45, 7) is 0. The molecule has 0 saturated heterocycles. The van der Waals surface area contributed by atoms with E-state index in [0.717, 1.165) is 12.1 Å². The molecule has 1 heterocycles. The van der Waals surface area contributed by atoms with E-state index in [1.165, 1.54) is 25.3 Å². The van der Waals surface area contributed by atoms with Crippen molar-refractivity contribution < 1.29 is 27.4 Å². The fraction of sp³-hybridized carbons (Fsp3) is 0.111. The number of aliphatic imine (C=N–C) groups is 1. The number of hydrogen-bond acceptors (Lipinski definition) is 4. The molecule has 2 aromatic rings. The molecule has 0 N–H and O–H groups in total. The lowest BCUT2D eigenvalue weighted by Gasteiger charge is -2.09. The molecule has 0 aromatic heterocycles. The van der Waals surface area contributed by atoms with E-state index in [2.05, 4.69) is 20.9 Å². The van der Waals surface area contributed by atoms with Gasteiger partial charge in [-0.05, 0) is 35.9 Å². The Labute approximate surface area is 155 Å². The van der Waals surface area contributed by atoms with Crippen molar-refractivity contribution in [2.24, 2.45) is 4.99 Å². The zero-order valence-corrected chi connectivity index (χ0v) is 14.9. The highest BCUT2D eigenvalue weighted by molar-refractivity contribution is 9.10. The van der Waals surface area contributed by atoms with Gasteiger partial charge >= 0.3 is 12.1 Å². The van der Waals surface area contributed by atoms with Gasteiger partial charge in [-0.1, -0.05) is 34.1 Å². The van der Waals surface area contributed by atoms with Gasteiger partial charge < -0.3 is 9.47 Å². The van der Waals surface area contributed by atoms with Crippen LogP contribution in [0.25, 0.3) is 6.08 Å². The van der Waals surface area contributed by atoms with Crippen molar-refractivity contribution in [1.82, 2.24) is 0 Å². The molecule has 134 valence electrons. The van der Waals surface area contributed by atoms with Crippen molar-refractivity contribution in [2.75, 3.05) is 7.11 Å². The van der Waals surface area contributed by atoms with Crippen molar-refractivity contribution >= 4 is 33.9 Å². The number of ether oxygens (including phenoxy) is 2. The van der Waals surface area contributed by atoms with Gasteiger partial charge in [-0.3, -0.25) is 0 Å². The van der Waals surface area contributed by atoms with E-state index >= 15 is 0 Å². The molecule has 0 bridgehead atoms. The van der Waals surface area contributed by atoms with Crippen molar-refractivity contribution in [3.63, 3.8) is 0 Å². The van der Waals surface area contributed by atoms with E-state index in [1.54, 1.807) is 18.2 Å². The second-order valence-corrected chi connectivity index (χ2v) is 6.18. The van der Waals surface area contributed by atoms with Crippen molar-refractivity contribution in [3.05, 3.63) is 69.3 Å². The van der Waals surface area contributed by atoms with Crippen molar-refractivity contribution in [2.45, 2.75) is 6.18 Å². The monoisotopic (exact) mass is 425 g/mol. The van der Waals surface area contributed by atoms with Crippen molar-refractivity contribution in [1.29, 1.82) is 0 Å². The molecule has 8 heteroatoms. The van der Waals surface area contributed by atoms with E-state index in [1.807, 2.05) is 0 Å². The quantitative estimate of drug-likeness (QED) is 0.523. The van der Waals surface area contributed by atoms with Gasteiger partial charge in [0.25, 0.3) is 0 Å². The summed E-state index contributed by atoms with van der Waals surface area (Å²) in [6.07, 6.45) is -3.49. The maximum Gasteiger partial charge on any atom is 0.416 e. The van der Waals surface area contributed by atoms with E-state index in [4.69, 9.17) is 9.47 Å². The molecule has 1 aliphatic heterocycles. The molecule has 0 amide bonds. The number of alkyl halides is 3. The molecule has 0 radical (unpaired) electrons. The Hall–Kier alpha value is -2.61. The molecular weight excluding hydrogens is 415 g/mol. The van der Waals surface area contributed by atoms with Crippen molar-refractivity contribution in [3.8, 4) is 5.75 Å². The van der Waals surface area contributed by atoms with E-state index in [0.29, 0.717) is 15.8 Å². The summed E-state index contributed by atoms with van der Waals surface area (Å²) in [7, 11) is 1.44. The van der Waals surface area contributed by atoms with Crippen LogP contribution >= 0.6 is 15.9 Å². The highest BCUT2D eigenvalue weighted by atomic mass is 79.9. The van der Waals surface area contributed by atoms with Gasteiger partial charge in [0.15, 0.2) is 5.70 Å². The van der Waals surface area contributed by atoms with Crippen LogP contribution in [0.4, 0.5) is 13.2 Å². The van der Waals surface area contributed by atoms with Gasteiger partial charge in [0.2, 0.25) is 5.90 Å². The molecule has 26 heavy (non-hydrogen) atoms. The number of rotatable bonds is 3. The topological polar surface area (TPSA) is 47.9 Å². The molecule has 0 fully saturated rings. The first-order valence-electron chi connectivity index (χ1n) is 7.32. The van der Waals surface area contributed by atoms with Crippen LogP contribution in [0.15, 0.2) is 57.6 Å². The highest BCUT2D eigenvalue weighted by Gasteiger charge is 2.33. The lowest BCUT2D eigenvalue weighted by molar-refractivity contribution is -0.137. The zero-order valence-electron chi connectivity index (χ0n) is 13.3. The van der Waals surface area contributed by atoms with Crippen LogP contribution in [0.5, 0.6) is 5.75 Å². The molecule has 4 nitrogen and oxygen atoms in total. The number of halogens is 4.